The Morgan fingerprint density at radius 1 is 0.821 bits per heavy atom. The third-order valence-corrected chi connectivity index (χ3v) is 4.07. The van der Waals surface area contributed by atoms with Gasteiger partial charge in [0.15, 0.2) is 0 Å². The maximum Gasteiger partial charge on any atom is 0.337 e. The fourth-order valence-electron chi connectivity index (χ4n) is 2.62. The van der Waals surface area contributed by atoms with E-state index in [2.05, 4.69) is 10.1 Å². The van der Waals surface area contributed by atoms with Crippen molar-refractivity contribution in [2.24, 2.45) is 0 Å². The van der Waals surface area contributed by atoms with Crippen LogP contribution >= 0.6 is 0 Å². The summed E-state index contributed by atoms with van der Waals surface area (Å²) in [5.41, 5.74) is 1.98. The molecule has 0 aliphatic heterocycles. The van der Waals surface area contributed by atoms with Crippen LogP contribution in [0.5, 0.6) is 11.5 Å². The number of para-hydroxylation sites is 1. The predicted octanol–water partition coefficient (Wildman–Crippen LogP) is 4.98. The Hall–Kier alpha value is -3.93. The van der Waals surface area contributed by atoms with Gasteiger partial charge in [-0.1, -0.05) is 23.4 Å². The zero-order valence-electron chi connectivity index (χ0n) is 15.0. The number of benzene rings is 3. The number of esters is 1. The van der Waals surface area contributed by atoms with Gasteiger partial charge in [-0.05, 0) is 60.7 Å². The van der Waals surface area contributed by atoms with Gasteiger partial charge in [-0.3, -0.25) is 0 Å². The van der Waals surface area contributed by atoms with Crippen LogP contribution < -0.4 is 4.74 Å². The third-order valence-electron chi connectivity index (χ3n) is 4.07. The molecule has 0 saturated heterocycles. The Balaban J connectivity index is 1.50. The van der Waals surface area contributed by atoms with E-state index >= 15 is 0 Å². The molecule has 6 nitrogen and oxygen atoms in total. The fraction of sp³-hybridized carbons (Fsp3) is 0.0455. The summed E-state index contributed by atoms with van der Waals surface area (Å²) in [5.74, 6) is 1.94. The van der Waals surface area contributed by atoms with Crippen molar-refractivity contribution in [1.29, 1.82) is 0 Å². The average molecular weight is 372 g/mol. The van der Waals surface area contributed by atoms with Gasteiger partial charge >= 0.3 is 5.97 Å². The molecule has 0 amide bonds. The molecule has 4 aromatic rings. The Bertz CT molecular complexity index is 1070. The van der Waals surface area contributed by atoms with Gasteiger partial charge in [-0.25, -0.2) is 4.79 Å². The second-order valence-electron chi connectivity index (χ2n) is 5.93. The van der Waals surface area contributed by atoms with E-state index in [1.807, 2.05) is 54.6 Å². The van der Waals surface area contributed by atoms with E-state index in [0.29, 0.717) is 17.3 Å². The number of hydrogen-bond donors (Lipinski definition) is 0. The Morgan fingerprint density at radius 2 is 1.46 bits per heavy atom. The summed E-state index contributed by atoms with van der Waals surface area (Å²) in [6.45, 7) is 0. The molecule has 0 atom stereocenters. The summed E-state index contributed by atoms with van der Waals surface area (Å²) in [7, 11) is 1.34. The fourth-order valence-corrected chi connectivity index (χ4v) is 2.62. The van der Waals surface area contributed by atoms with Gasteiger partial charge in [0.25, 0.3) is 5.89 Å². The predicted molar refractivity (Wildman–Crippen MR) is 103 cm³/mol. The van der Waals surface area contributed by atoms with Crippen LogP contribution in [-0.4, -0.2) is 23.2 Å². The Morgan fingerprint density at radius 3 is 2.14 bits per heavy atom. The van der Waals surface area contributed by atoms with Gasteiger partial charge in [-0.2, -0.15) is 4.98 Å². The second kappa shape index (κ2) is 7.75. The number of carbonyl (C=O) groups is 1. The second-order valence-corrected chi connectivity index (χ2v) is 5.93. The first-order valence-electron chi connectivity index (χ1n) is 8.59. The molecule has 138 valence electrons. The first kappa shape index (κ1) is 17.5. The van der Waals surface area contributed by atoms with E-state index in [1.165, 1.54) is 7.11 Å². The summed E-state index contributed by atoms with van der Waals surface area (Å²) in [6.07, 6.45) is 0. The van der Waals surface area contributed by atoms with Gasteiger partial charge in [0.2, 0.25) is 5.82 Å². The lowest BCUT2D eigenvalue weighted by Gasteiger charge is -2.05. The smallest absolute Gasteiger partial charge is 0.337 e. The van der Waals surface area contributed by atoms with Crippen LogP contribution in [0.3, 0.4) is 0 Å². The number of methoxy groups -OCH3 is 1. The van der Waals surface area contributed by atoms with E-state index in [1.54, 1.807) is 24.3 Å². The number of nitrogens with zero attached hydrogens (tertiary/aromatic N) is 2. The normalized spacial score (nSPS) is 10.5. The number of hydrogen-bond acceptors (Lipinski definition) is 6. The molecule has 28 heavy (non-hydrogen) atoms. The molecule has 0 aliphatic carbocycles. The molecule has 0 N–H and O–H groups in total. The number of rotatable bonds is 5. The zero-order chi connectivity index (χ0) is 19.3. The molecule has 0 fully saturated rings. The Kier molecular flexibility index (Phi) is 4.84. The van der Waals surface area contributed by atoms with Gasteiger partial charge in [0, 0.05) is 11.1 Å². The van der Waals surface area contributed by atoms with Gasteiger partial charge in [0.05, 0.1) is 12.7 Å². The largest absolute Gasteiger partial charge is 0.465 e. The molecule has 3 aromatic carbocycles. The molecule has 0 saturated carbocycles. The van der Waals surface area contributed by atoms with Crippen molar-refractivity contribution in [3.05, 3.63) is 84.4 Å². The highest BCUT2D eigenvalue weighted by Crippen LogP contribution is 2.26. The summed E-state index contributed by atoms with van der Waals surface area (Å²) < 4.78 is 15.8. The quantitative estimate of drug-likeness (QED) is 0.460. The van der Waals surface area contributed by atoms with Crippen molar-refractivity contribution in [2.75, 3.05) is 7.11 Å². The molecule has 0 bridgehead atoms. The van der Waals surface area contributed by atoms with Crippen LogP contribution in [0, 0.1) is 0 Å². The van der Waals surface area contributed by atoms with Crippen LogP contribution in [0.2, 0.25) is 0 Å². The van der Waals surface area contributed by atoms with Crippen molar-refractivity contribution in [3.8, 4) is 34.3 Å². The maximum absolute atomic E-state index is 11.5. The van der Waals surface area contributed by atoms with E-state index in [0.717, 1.165) is 22.6 Å². The standard InChI is InChI=1S/C22H16N2O4/c1-26-22(25)17-9-7-16(8-10-17)21-23-20(24-28-21)15-11-13-19(14-12-15)27-18-5-3-2-4-6-18/h2-14H,1H3. The number of carbonyl (C=O) groups excluding carboxylic acids is 1. The lowest BCUT2D eigenvalue weighted by Crippen LogP contribution is -2.00. The minimum atomic E-state index is -0.393. The van der Waals surface area contributed by atoms with Crippen LogP contribution in [0.4, 0.5) is 0 Å². The molecule has 0 radical (unpaired) electrons. The molecule has 1 aromatic heterocycles. The lowest BCUT2D eigenvalue weighted by atomic mass is 10.1. The molecule has 0 spiro atoms. The zero-order valence-corrected chi connectivity index (χ0v) is 15.0. The van der Waals surface area contributed by atoms with Crippen molar-refractivity contribution >= 4 is 5.97 Å². The monoisotopic (exact) mass is 372 g/mol. The first-order chi connectivity index (χ1) is 13.7. The molecule has 1 heterocycles. The number of ether oxygens (including phenoxy) is 2. The molecular weight excluding hydrogens is 356 g/mol. The highest BCUT2D eigenvalue weighted by molar-refractivity contribution is 5.89. The molecule has 4 rings (SSSR count). The van der Waals surface area contributed by atoms with Crippen LogP contribution in [0.1, 0.15) is 10.4 Å². The summed E-state index contributed by atoms with van der Waals surface area (Å²) in [4.78, 5) is 15.9. The Labute approximate surface area is 161 Å². The van der Waals surface area contributed by atoms with Gasteiger partial charge < -0.3 is 14.0 Å². The van der Waals surface area contributed by atoms with E-state index in [4.69, 9.17) is 14.0 Å². The molecule has 0 aliphatic rings. The average Bonchev–Trinajstić information content (AvgIpc) is 3.25. The van der Waals surface area contributed by atoms with Crippen LogP contribution in [-0.2, 0) is 4.74 Å². The third kappa shape index (κ3) is 3.76. The summed E-state index contributed by atoms with van der Waals surface area (Å²) in [6, 6.07) is 23.8. The van der Waals surface area contributed by atoms with Crippen molar-refractivity contribution in [3.63, 3.8) is 0 Å². The van der Waals surface area contributed by atoms with E-state index in [-0.39, 0.29) is 0 Å². The number of aromatic nitrogens is 2. The molecule has 6 heteroatoms. The first-order valence-corrected chi connectivity index (χ1v) is 8.59. The van der Waals surface area contributed by atoms with Gasteiger partial charge in [-0.15, -0.1) is 0 Å². The van der Waals surface area contributed by atoms with E-state index in [9.17, 15) is 4.79 Å². The van der Waals surface area contributed by atoms with Gasteiger partial charge in [0.1, 0.15) is 11.5 Å². The SMILES string of the molecule is COC(=O)c1ccc(-c2nc(-c3ccc(Oc4ccccc4)cc3)no2)cc1. The topological polar surface area (TPSA) is 74.5 Å². The van der Waals surface area contributed by atoms with Crippen molar-refractivity contribution < 1.29 is 18.8 Å². The highest BCUT2D eigenvalue weighted by Gasteiger charge is 2.12. The highest BCUT2D eigenvalue weighted by atomic mass is 16.5. The van der Waals surface area contributed by atoms with Crippen LogP contribution in [0.25, 0.3) is 22.8 Å². The maximum atomic E-state index is 11.5. The van der Waals surface area contributed by atoms with E-state index < -0.39 is 5.97 Å². The summed E-state index contributed by atoms with van der Waals surface area (Å²) >= 11 is 0. The minimum Gasteiger partial charge on any atom is -0.465 e. The van der Waals surface area contributed by atoms with Crippen molar-refractivity contribution in [2.45, 2.75) is 0 Å². The molecule has 0 unspecified atom stereocenters. The minimum absolute atomic E-state index is 0.371. The molecular formula is C22H16N2O4. The van der Waals surface area contributed by atoms with Crippen molar-refractivity contribution in [1.82, 2.24) is 10.1 Å². The summed E-state index contributed by atoms with van der Waals surface area (Å²) in [5, 5.41) is 4.03. The lowest BCUT2D eigenvalue weighted by molar-refractivity contribution is 0.0600. The van der Waals surface area contributed by atoms with Crippen LogP contribution in [0.15, 0.2) is 83.4 Å².